The molecule has 0 saturated heterocycles. The van der Waals surface area contributed by atoms with Crippen LogP contribution < -0.4 is 5.32 Å². The molecule has 2 nitrogen and oxygen atoms in total. The van der Waals surface area contributed by atoms with E-state index in [0.717, 1.165) is 18.8 Å². The second-order valence-electron chi connectivity index (χ2n) is 6.96. The van der Waals surface area contributed by atoms with Crippen molar-refractivity contribution in [1.29, 1.82) is 5.26 Å². The van der Waals surface area contributed by atoms with Gasteiger partial charge >= 0.3 is 0 Å². The summed E-state index contributed by atoms with van der Waals surface area (Å²) in [5, 5.41) is 13.4. The first-order valence-corrected chi connectivity index (χ1v) is 8.48. The smallest absolute Gasteiger partial charge is 0.0852 e. The molecule has 0 unspecified atom stereocenters. The molecule has 2 heteroatoms. The maximum atomic E-state index is 9.60. The van der Waals surface area contributed by atoms with E-state index in [0.29, 0.717) is 12.1 Å². The van der Waals surface area contributed by atoms with E-state index in [4.69, 9.17) is 0 Å². The largest absolute Gasteiger partial charge is 0.311 e. The van der Waals surface area contributed by atoms with Crippen LogP contribution in [-0.4, -0.2) is 12.1 Å². The van der Waals surface area contributed by atoms with Crippen LogP contribution in [-0.2, 0) is 5.41 Å². The van der Waals surface area contributed by atoms with Crippen molar-refractivity contribution in [1.82, 2.24) is 5.32 Å². The summed E-state index contributed by atoms with van der Waals surface area (Å²) in [4.78, 5) is 0. The molecule has 21 heavy (non-hydrogen) atoms. The van der Waals surface area contributed by atoms with Gasteiger partial charge in [0.05, 0.1) is 11.5 Å². The van der Waals surface area contributed by atoms with Crippen LogP contribution in [0.4, 0.5) is 0 Å². The molecule has 0 heterocycles. The van der Waals surface area contributed by atoms with Crippen molar-refractivity contribution >= 4 is 0 Å². The van der Waals surface area contributed by atoms with Crippen LogP contribution in [0.25, 0.3) is 0 Å². The molecule has 2 aliphatic carbocycles. The van der Waals surface area contributed by atoms with Gasteiger partial charge < -0.3 is 5.32 Å². The van der Waals surface area contributed by atoms with Gasteiger partial charge in [-0.25, -0.2) is 0 Å². The van der Waals surface area contributed by atoms with Gasteiger partial charge in [-0.2, -0.15) is 5.26 Å². The molecule has 0 spiro atoms. The molecular weight excluding hydrogens is 256 g/mol. The molecule has 0 amide bonds. The highest BCUT2D eigenvalue weighted by Crippen LogP contribution is 2.44. The van der Waals surface area contributed by atoms with Crippen LogP contribution >= 0.6 is 0 Å². The Morgan fingerprint density at radius 3 is 2.33 bits per heavy atom. The molecule has 112 valence electrons. The molecular formula is C19H26N2. The lowest BCUT2D eigenvalue weighted by Gasteiger charge is -2.45. The van der Waals surface area contributed by atoms with Gasteiger partial charge in [-0.1, -0.05) is 43.7 Å². The number of hydrogen-bond acceptors (Lipinski definition) is 2. The maximum absolute atomic E-state index is 9.60. The van der Waals surface area contributed by atoms with Crippen LogP contribution in [0.15, 0.2) is 30.3 Å². The highest BCUT2D eigenvalue weighted by Gasteiger charge is 2.46. The summed E-state index contributed by atoms with van der Waals surface area (Å²) in [5.41, 5.74) is 0.958. The second kappa shape index (κ2) is 6.20. The first-order valence-electron chi connectivity index (χ1n) is 8.48. The second-order valence-corrected chi connectivity index (χ2v) is 6.96. The number of nitrogens with one attached hydrogen (secondary N) is 1. The summed E-state index contributed by atoms with van der Waals surface area (Å²) in [6, 6.07) is 14.1. The summed E-state index contributed by atoms with van der Waals surface area (Å²) < 4.78 is 0. The first-order chi connectivity index (χ1) is 10.3. The Morgan fingerprint density at radius 2 is 1.76 bits per heavy atom. The molecule has 1 N–H and O–H groups in total. The highest BCUT2D eigenvalue weighted by molar-refractivity contribution is 5.36. The van der Waals surface area contributed by atoms with Gasteiger partial charge in [-0.05, 0) is 50.0 Å². The van der Waals surface area contributed by atoms with Crippen molar-refractivity contribution in [3.8, 4) is 6.07 Å². The summed E-state index contributed by atoms with van der Waals surface area (Å²) in [6.45, 7) is 2.31. The first kappa shape index (κ1) is 14.6. The SMILES string of the molecule is CCC1CCC(NC2CC(C#N)(c3ccccc3)C2)CC1. The third kappa shape index (κ3) is 2.99. The quantitative estimate of drug-likeness (QED) is 0.899. The van der Waals surface area contributed by atoms with Gasteiger partial charge in [0.25, 0.3) is 0 Å². The fourth-order valence-electron chi connectivity index (χ4n) is 4.12. The van der Waals surface area contributed by atoms with Crippen LogP contribution in [0.1, 0.15) is 57.4 Å². The number of nitrogens with zero attached hydrogens (tertiary/aromatic N) is 1. The molecule has 0 atom stereocenters. The molecule has 2 saturated carbocycles. The monoisotopic (exact) mass is 282 g/mol. The Morgan fingerprint density at radius 1 is 1.10 bits per heavy atom. The Balaban J connectivity index is 1.52. The molecule has 2 fully saturated rings. The van der Waals surface area contributed by atoms with E-state index in [-0.39, 0.29) is 5.41 Å². The van der Waals surface area contributed by atoms with Crippen LogP contribution in [0.5, 0.6) is 0 Å². The van der Waals surface area contributed by atoms with E-state index >= 15 is 0 Å². The molecule has 2 aliphatic rings. The van der Waals surface area contributed by atoms with E-state index < -0.39 is 0 Å². The van der Waals surface area contributed by atoms with E-state index in [1.165, 1.54) is 37.7 Å². The van der Waals surface area contributed by atoms with E-state index in [2.05, 4.69) is 30.4 Å². The number of hydrogen-bond donors (Lipinski definition) is 1. The van der Waals surface area contributed by atoms with Gasteiger partial charge in [0.1, 0.15) is 0 Å². The van der Waals surface area contributed by atoms with Gasteiger partial charge in [-0.15, -0.1) is 0 Å². The molecule has 0 aliphatic heterocycles. The molecule has 3 rings (SSSR count). The molecule has 1 aromatic carbocycles. The minimum Gasteiger partial charge on any atom is -0.311 e. The third-order valence-corrected chi connectivity index (χ3v) is 5.63. The lowest BCUT2D eigenvalue weighted by atomic mass is 9.62. The summed E-state index contributed by atoms with van der Waals surface area (Å²) in [5.74, 6) is 0.951. The topological polar surface area (TPSA) is 35.8 Å². The van der Waals surface area contributed by atoms with Gasteiger partial charge in [0, 0.05) is 12.1 Å². The lowest BCUT2D eigenvalue weighted by Crippen LogP contribution is -2.54. The maximum Gasteiger partial charge on any atom is 0.0852 e. The van der Waals surface area contributed by atoms with Gasteiger partial charge in [-0.3, -0.25) is 0 Å². The molecule has 0 radical (unpaired) electrons. The Kier molecular flexibility index (Phi) is 4.31. The number of benzene rings is 1. The van der Waals surface area contributed by atoms with Crippen molar-refractivity contribution < 1.29 is 0 Å². The summed E-state index contributed by atoms with van der Waals surface area (Å²) >= 11 is 0. The van der Waals surface area contributed by atoms with Crippen LogP contribution in [0, 0.1) is 17.2 Å². The average Bonchev–Trinajstić information content (AvgIpc) is 2.52. The van der Waals surface area contributed by atoms with Crippen molar-refractivity contribution in [3.05, 3.63) is 35.9 Å². The summed E-state index contributed by atoms with van der Waals surface area (Å²) in [6.07, 6.45) is 8.68. The standard InChI is InChI=1S/C19H26N2/c1-2-15-8-10-17(11-9-15)21-18-12-19(13-18,14-20)16-6-4-3-5-7-16/h3-7,15,17-18,21H,2,8-13H2,1H3. The van der Waals surface area contributed by atoms with Crippen molar-refractivity contribution in [2.45, 2.75) is 69.4 Å². The lowest BCUT2D eigenvalue weighted by molar-refractivity contribution is 0.181. The summed E-state index contributed by atoms with van der Waals surface area (Å²) in [7, 11) is 0. The van der Waals surface area contributed by atoms with Crippen molar-refractivity contribution in [2.75, 3.05) is 0 Å². The van der Waals surface area contributed by atoms with Crippen molar-refractivity contribution in [2.24, 2.45) is 5.92 Å². The highest BCUT2D eigenvalue weighted by atomic mass is 15.0. The predicted octanol–water partition coefficient (Wildman–Crippen LogP) is 4.17. The van der Waals surface area contributed by atoms with Gasteiger partial charge in [0.15, 0.2) is 0 Å². The van der Waals surface area contributed by atoms with E-state index in [1.807, 2.05) is 18.2 Å². The zero-order valence-electron chi connectivity index (χ0n) is 13.0. The van der Waals surface area contributed by atoms with Crippen LogP contribution in [0.2, 0.25) is 0 Å². The minimum absolute atomic E-state index is 0.237. The fraction of sp³-hybridized carbons (Fsp3) is 0.632. The molecule has 0 aromatic heterocycles. The van der Waals surface area contributed by atoms with Gasteiger partial charge in [0.2, 0.25) is 0 Å². The Hall–Kier alpha value is -1.33. The zero-order valence-corrected chi connectivity index (χ0v) is 13.0. The average molecular weight is 282 g/mol. The Labute approximate surface area is 128 Å². The van der Waals surface area contributed by atoms with E-state index in [9.17, 15) is 5.26 Å². The normalized spacial score (nSPS) is 35.7. The third-order valence-electron chi connectivity index (χ3n) is 5.63. The van der Waals surface area contributed by atoms with E-state index in [1.54, 1.807) is 0 Å². The predicted molar refractivity (Wildman–Crippen MR) is 85.9 cm³/mol. The fourth-order valence-corrected chi connectivity index (χ4v) is 4.12. The minimum atomic E-state index is -0.237. The Bertz CT molecular complexity index is 488. The molecule has 1 aromatic rings. The van der Waals surface area contributed by atoms with Crippen molar-refractivity contribution in [3.63, 3.8) is 0 Å². The van der Waals surface area contributed by atoms with Crippen LogP contribution in [0.3, 0.4) is 0 Å². The molecule has 0 bridgehead atoms. The number of nitriles is 1. The zero-order chi connectivity index (χ0) is 14.7. The number of rotatable bonds is 4.